The summed E-state index contributed by atoms with van der Waals surface area (Å²) in [6.07, 6.45) is 0. The first-order chi connectivity index (χ1) is 13.6. The number of methoxy groups -OCH3 is 1. The van der Waals surface area contributed by atoms with E-state index in [1.807, 2.05) is 48.5 Å². The van der Waals surface area contributed by atoms with Crippen molar-refractivity contribution in [3.8, 4) is 22.9 Å². The van der Waals surface area contributed by atoms with E-state index in [2.05, 4.69) is 29.3 Å². The number of rotatable bonds is 8. The van der Waals surface area contributed by atoms with Gasteiger partial charge in [-0.15, -0.1) is 0 Å². The molecule has 0 atom stereocenters. The SMILES string of the molecule is COc1ccc(-c2noc(CNC(=O)COc3ccccc3C(C)C)n2)cc1. The molecule has 1 amide bonds. The number of hydrogen-bond acceptors (Lipinski definition) is 6. The molecule has 1 aromatic heterocycles. The highest BCUT2D eigenvalue weighted by molar-refractivity contribution is 5.77. The van der Waals surface area contributed by atoms with E-state index in [1.165, 1.54) is 0 Å². The minimum atomic E-state index is -0.261. The zero-order valence-corrected chi connectivity index (χ0v) is 16.1. The predicted molar refractivity (Wildman–Crippen MR) is 104 cm³/mol. The van der Waals surface area contributed by atoms with Crippen LogP contribution in [0.5, 0.6) is 11.5 Å². The van der Waals surface area contributed by atoms with Gasteiger partial charge in [-0.3, -0.25) is 4.79 Å². The molecule has 0 fully saturated rings. The quantitative estimate of drug-likeness (QED) is 0.642. The van der Waals surface area contributed by atoms with Gasteiger partial charge in [0.1, 0.15) is 11.5 Å². The summed E-state index contributed by atoms with van der Waals surface area (Å²) in [6.45, 7) is 4.22. The molecule has 0 radical (unpaired) electrons. The van der Waals surface area contributed by atoms with Gasteiger partial charge in [0.05, 0.1) is 13.7 Å². The Morgan fingerprint density at radius 3 is 2.61 bits per heavy atom. The van der Waals surface area contributed by atoms with E-state index < -0.39 is 0 Å². The van der Waals surface area contributed by atoms with Gasteiger partial charge in [0.15, 0.2) is 6.61 Å². The second-order valence-electron chi connectivity index (χ2n) is 6.50. The molecule has 0 spiro atoms. The van der Waals surface area contributed by atoms with Crippen LogP contribution >= 0.6 is 0 Å². The Bertz CT molecular complexity index is 919. The summed E-state index contributed by atoms with van der Waals surface area (Å²) < 4.78 is 16.0. The molecule has 0 aliphatic rings. The summed E-state index contributed by atoms with van der Waals surface area (Å²) in [5.41, 5.74) is 1.87. The molecule has 0 aliphatic carbocycles. The Hall–Kier alpha value is -3.35. The monoisotopic (exact) mass is 381 g/mol. The molecular weight excluding hydrogens is 358 g/mol. The minimum absolute atomic E-state index is 0.0802. The number of benzene rings is 2. The van der Waals surface area contributed by atoms with Gasteiger partial charge in [-0.2, -0.15) is 4.98 Å². The largest absolute Gasteiger partial charge is 0.497 e. The lowest BCUT2D eigenvalue weighted by Crippen LogP contribution is -2.28. The highest BCUT2D eigenvalue weighted by Crippen LogP contribution is 2.25. The first-order valence-electron chi connectivity index (χ1n) is 9.02. The summed E-state index contributed by atoms with van der Waals surface area (Å²) in [4.78, 5) is 16.4. The van der Waals surface area contributed by atoms with Gasteiger partial charge < -0.3 is 19.3 Å². The van der Waals surface area contributed by atoms with Crippen molar-refractivity contribution in [2.24, 2.45) is 0 Å². The van der Waals surface area contributed by atoms with Crippen LogP contribution in [0.4, 0.5) is 0 Å². The van der Waals surface area contributed by atoms with Gasteiger partial charge in [0, 0.05) is 5.56 Å². The van der Waals surface area contributed by atoms with E-state index in [9.17, 15) is 4.79 Å². The number of nitrogens with zero attached hydrogens (tertiary/aromatic N) is 2. The van der Waals surface area contributed by atoms with Crippen LogP contribution in [0, 0.1) is 0 Å². The molecule has 28 heavy (non-hydrogen) atoms. The Labute approximate surface area is 163 Å². The van der Waals surface area contributed by atoms with E-state index >= 15 is 0 Å². The van der Waals surface area contributed by atoms with Gasteiger partial charge in [-0.25, -0.2) is 0 Å². The maximum atomic E-state index is 12.1. The topological polar surface area (TPSA) is 86.5 Å². The fourth-order valence-electron chi connectivity index (χ4n) is 2.64. The number of carbonyl (C=O) groups excluding carboxylic acids is 1. The second-order valence-corrected chi connectivity index (χ2v) is 6.50. The fraction of sp³-hybridized carbons (Fsp3) is 0.286. The Morgan fingerprint density at radius 2 is 1.89 bits per heavy atom. The summed E-state index contributed by atoms with van der Waals surface area (Å²) in [5.74, 6) is 2.29. The number of ether oxygens (including phenoxy) is 2. The first-order valence-corrected chi connectivity index (χ1v) is 9.02. The van der Waals surface area contributed by atoms with Gasteiger partial charge in [0.25, 0.3) is 5.91 Å². The summed E-state index contributed by atoms with van der Waals surface area (Å²) >= 11 is 0. The van der Waals surface area contributed by atoms with Gasteiger partial charge >= 0.3 is 0 Å². The summed E-state index contributed by atoms with van der Waals surface area (Å²) in [5, 5.41) is 6.66. The fourth-order valence-corrected chi connectivity index (χ4v) is 2.64. The van der Waals surface area contributed by atoms with Crippen molar-refractivity contribution in [3.05, 3.63) is 60.0 Å². The van der Waals surface area contributed by atoms with Crippen LogP contribution in [0.3, 0.4) is 0 Å². The lowest BCUT2D eigenvalue weighted by Gasteiger charge is -2.13. The van der Waals surface area contributed by atoms with E-state index in [4.69, 9.17) is 14.0 Å². The Balaban J connectivity index is 1.52. The average molecular weight is 381 g/mol. The number of aromatic nitrogens is 2. The minimum Gasteiger partial charge on any atom is -0.497 e. The van der Waals surface area contributed by atoms with Crippen LogP contribution in [-0.2, 0) is 11.3 Å². The van der Waals surface area contributed by atoms with Gasteiger partial charge in [-0.1, -0.05) is 37.2 Å². The molecular formula is C21H23N3O4. The van der Waals surface area contributed by atoms with Crippen molar-refractivity contribution in [2.75, 3.05) is 13.7 Å². The third kappa shape index (κ3) is 4.88. The van der Waals surface area contributed by atoms with Crippen LogP contribution < -0.4 is 14.8 Å². The van der Waals surface area contributed by atoms with Crippen molar-refractivity contribution in [1.29, 1.82) is 0 Å². The lowest BCUT2D eigenvalue weighted by atomic mass is 10.0. The molecule has 7 nitrogen and oxygen atoms in total. The van der Waals surface area contributed by atoms with Crippen LogP contribution in [0.25, 0.3) is 11.4 Å². The zero-order chi connectivity index (χ0) is 19.9. The molecule has 146 valence electrons. The van der Waals surface area contributed by atoms with Crippen LogP contribution in [0.15, 0.2) is 53.1 Å². The molecule has 0 saturated heterocycles. The average Bonchev–Trinajstić information content (AvgIpc) is 3.20. The van der Waals surface area contributed by atoms with Crippen LogP contribution in [0.1, 0.15) is 31.2 Å². The highest BCUT2D eigenvalue weighted by Gasteiger charge is 2.12. The Kier molecular flexibility index (Phi) is 6.26. The third-order valence-electron chi connectivity index (χ3n) is 4.15. The molecule has 0 unspecified atom stereocenters. The molecule has 3 rings (SSSR count). The number of hydrogen-bond donors (Lipinski definition) is 1. The number of carbonyl (C=O) groups is 1. The van der Waals surface area contributed by atoms with Crippen molar-refractivity contribution < 1.29 is 18.8 Å². The maximum Gasteiger partial charge on any atom is 0.258 e. The van der Waals surface area contributed by atoms with Crippen molar-refractivity contribution in [1.82, 2.24) is 15.5 Å². The van der Waals surface area contributed by atoms with E-state index in [1.54, 1.807) is 7.11 Å². The predicted octanol–water partition coefficient (Wildman–Crippen LogP) is 3.56. The second kappa shape index (κ2) is 9.03. The third-order valence-corrected chi connectivity index (χ3v) is 4.15. The highest BCUT2D eigenvalue weighted by atomic mass is 16.5. The van der Waals surface area contributed by atoms with E-state index in [-0.39, 0.29) is 19.1 Å². The number of para-hydroxylation sites is 1. The van der Waals surface area contributed by atoms with Crippen molar-refractivity contribution in [2.45, 2.75) is 26.3 Å². The normalized spacial score (nSPS) is 10.7. The van der Waals surface area contributed by atoms with Crippen molar-refractivity contribution in [3.63, 3.8) is 0 Å². The van der Waals surface area contributed by atoms with Crippen LogP contribution in [-0.4, -0.2) is 29.8 Å². The van der Waals surface area contributed by atoms with E-state index in [0.717, 1.165) is 16.9 Å². The number of amides is 1. The van der Waals surface area contributed by atoms with E-state index in [0.29, 0.717) is 23.4 Å². The molecule has 0 saturated carbocycles. The number of nitrogens with one attached hydrogen (secondary N) is 1. The van der Waals surface area contributed by atoms with Gasteiger partial charge in [0.2, 0.25) is 11.7 Å². The van der Waals surface area contributed by atoms with Gasteiger partial charge in [-0.05, 0) is 41.8 Å². The molecule has 0 aliphatic heterocycles. The molecule has 1 N–H and O–H groups in total. The summed E-state index contributed by atoms with van der Waals surface area (Å²) in [6, 6.07) is 15.0. The Morgan fingerprint density at radius 1 is 1.14 bits per heavy atom. The molecule has 3 aromatic rings. The molecule has 0 bridgehead atoms. The first kappa shape index (κ1) is 19.4. The lowest BCUT2D eigenvalue weighted by molar-refractivity contribution is -0.123. The van der Waals surface area contributed by atoms with Crippen LogP contribution in [0.2, 0.25) is 0 Å². The molecule has 1 heterocycles. The maximum absolute atomic E-state index is 12.1. The van der Waals surface area contributed by atoms with Crippen molar-refractivity contribution >= 4 is 5.91 Å². The smallest absolute Gasteiger partial charge is 0.258 e. The molecule has 2 aromatic carbocycles. The molecule has 7 heteroatoms. The standard InChI is InChI=1S/C21H23N3O4/c1-14(2)17-6-4-5-7-18(17)27-13-19(25)22-12-20-23-21(24-28-20)15-8-10-16(26-3)11-9-15/h4-11,14H,12-13H2,1-3H3,(H,22,25). The zero-order valence-electron chi connectivity index (χ0n) is 16.1. The summed E-state index contributed by atoms with van der Waals surface area (Å²) in [7, 11) is 1.61.